The maximum absolute atomic E-state index is 13.3. The summed E-state index contributed by atoms with van der Waals surface area (Å²) in [4.78, 5) is 22.2. The van der Waals surface area contributed by atoms with Gasteiger partial charge in [0.05, 0.1) is 11.6 Å². The van der Waals surface area contributed by atoms with E-state index in [0.717, 1.165) is 0 Å². The summed E-state index contributed by atoms with van der Waals surface area (Å²) < 4.78 is 38.9. The maximum atomic E-state index is 13.3. The number of anilines is 1. The quantitative estimate of drug-likeness (QED) is 0.745. The molecule has 0 spiro atoms. The molecule has 5 nitrogen and oxygen atoms in total. The molecular weight excluding hydrogens is 277 g/mol. The average molecular weight is 290 g/mol. The van der Waals surface area contributed by atoms with Crippen molar-refractivity contribution in [3.05, 3.63) is 29.6 Å². The summed E-state index contributed by atoms with van der Waals surface area (Å²) in [5.74, 6) is -5.81. The van der Waals surface area contributed by atoms with E-state index in [1.165, 1.54) is 13.8 Å². The fraction of sp³-hybridized carbons (Fsp3) is 0.333. The Balaban J connectivity index is 2.72. The minimum atomic E-state index is -1.37. The van der Waals surface area contributed by atoms with Crippen molar-refractivity contribution in [2.24, 2.45) is 5.92 Å². The summed E-state index contributed by atoms with van der Waals surface area (Å²) in [5, 5.41) is 13.0. The SMILES string of the molecule is CC(NC(=O)Nc1cc(F)c(F)cc1F)C(C)C(=O)O. The fourth-order valence-electron chi connectivity index (χ4n) is 1.32. The molecule has 2 amide bonds. The zero-order valence-corrected chi connectivity index (χ0v) is 10.7. The number of benzene rings is 1. The molecule has 0 bridgehead atoms. The van der Waals surface area contributed by atoms with Crippen molar-refractivity contribution in [3.63, 3.8) is 0 Å². The summed E-state index contributed by atoms with van der Waals surface area (Å²) in [6.07, 6.45) is 0. The topological polar surface area (TPSA) is 78.4 Å². The van der Waals surface area contributed by atoms with Crippen LogP contribution < -0.4 is 10.6 Å². The molecule has 1 rings (SSSR count). The summed E-state index contributed by atoms with van der Waals surface area (Å²) >= 11 is 0. The smallest absolute Gasteiger partial charge is 0.319 e. The van der Waals surface area contributed by atoms with Crippen LogP contribution in [0.4, 0.5) is 23.7 Å². The van der Waals surface area contributed by atoms with Gasteiger partial charge in [0.1, 0.15) is 5.82 Å². The predicted octanol–water partition coefficient (Wildman–Crippen LogP) is 2.33. The van der Waals surface area contributed by atoms with Crippen LogP contribution in [0.15, 0.2) is 12.1 Å². The van der Waals surface area contributed by atoms with Gasteiger partial charge in [-0.1, -0.05) is 0 Å². The number of amides is 2. The second kappa shape index (κ2) is 6.27. The highest BCUT2D eigenvalue weighted by Crippen LogP contribution is 2.18. The first kappa shape index (κ1) is 15.8. The van der Waals surface area contributed by atoms with Crippen LogP contribution in [-0.4, -0.2) is 23.1 Å². The second-order valence-electron chi connectivity index (χ2n) is 4.26. The number of hydrogen-bond donors (Lipinski definition) is 3. The molecule has 8 heteroatoms. The highest BCUT2D eigenvalue weighted by molar-refractivity contribution is 5.90. The molecule has 0 saturated heterocycles. The standard InChI is InChI=1S/C12H13F3N2O3/c1-5(11(18)19)6(2)16-12(20)17-10-4-8(14)7(13)3-9(10)15/h3-6H,1-2H3,(H,18,19)(H2,16,17,20). The van der Waals surface area contributed by atoms with Crippen molar-refractivity contribution >= 4 is 17.7 Å². The van der Waals surface area contributed by atoms with Crippen molar-refractivity contribution in [3.8, 4) is 0 Å². The number of halogens is 3. The number of carboxylic acids is 1. The van der Waals surface area contributed by atoms with E-state index in [0.29, 0.717) is 12.1 Å². The molecule has 0 aliphatic heterocycles. The molecular formula is C12H13F3N2O3. The first-order valence-electron chi connectivity index (χ1n) is 5.67. The summed E-state index contributed by atoms with van der Waals surface area (Å²) in [7, 11) is 0. The minimum absolute atomic E-state index is 0.300. The third kappa shape index (κ3) is 3.87. The molecule has 2 atom stereocenters. The number of carbonyl (C=O) groups is 2. The van der Waals surface area contributed by atoms with Crippen LogP contribution >= 0.6 is 0 Å². The lowest BCUT2D eigenvalue weighted by molar-refractivity contribution is -0.141. The largest absolute Gasteiger partial charge is 0.481 e. The number of nitrogens with one attached hydrogen (secondary N) is 2. The van der Waals surface area contributed by atoms with Gasteiger partial charge in [-0.15, -0.1) is 0 Å². The fourth-order valence-corrected chi connectivity index (χ4v) is 1.32. The van der Waals surface area contributed by atoms with Gasteiger partial charge in [0.2, 0.25) is 0 Å². The summed E-state index contributed by atoms with van der Waals surface area (Å²) in [6, 6.07) is -0.861. The lowest BCUT2D eigenvalue weighted by Gasteiger charge is -2.18. The number of aliphatic carboxylic acids is 1. The molecule has 0 heterocycles. The van der Waals surface area contributed by atoms with Crippen molar-refractivity contribution in [2.75, 3.05) is 5.32 Å². The van der Waals surface area contributed by atoms with Gasteiger partial charge in [0, 0.05) is 18.2 Å². The highest BCUT2D eigenvalue weighted by Gasteiger charge is 2.21. The van der Waals surface area contributed by atoms with Crippen molar-refractivity contribution in [1.29, 1.82) is 0 Å². The molecule has 0 saturated carbocycles. The predicted molar refractivity (Wildman–Crippen MR) is 64.7 cm³/mol. The van der Waals surface area contributed by atoms with E-state index >= 15 is 0 Å². The molecule has 2 unspecified atom stereocenters. The zero-order valence-electron chi connectivity index (χ0n) is 10.7. The van der Waals surface area contributed by atoms with Crippen LogP contribution in [0.25, 0.3) is 0 Å². The van der Waals surface area contributed by atoms with E-state index in [9.17, 15) is 22.8 Å². The van der Waals surface area contributed by atoms with E-state index in [-0.39, 0.29) is 0 Å². The van der Waals surface area contributed by atoms with E-state index < -0.39 is 47.1 Å². The normalized spacial score (nSPS) is 13.4. The number of carbonyl (C=O) groups excluding carboxylic acids is 1. The van der Waals surface area contributed by atoms with Gasteiger partial charge in [-0.25, -0.2) is 18.0 Å². The van der Waals surface area contributed by atoms with E-state index in [1.54, 1.807) is 0 Å². The van der Waals surface area contributed by atoms with Crippen molar-refractivity contribution in [1.82, 2.24) is 5.32 Å². The maximum Gasteiger partial charge on any atom is 0.319 e. The summed E-state index contributed by atoms with van der Waals surface area (Å²) in [5.41, 5.74) is -0.545. The molecule has 110 valence electrons. The van der Waals surface area contributed by atoms with Gasteiger partial charge in [0.25, 0.3) is 0 Å². The van der Waals surface area contributed by atoms with Gasteiger partial charge in [0.15, 0.2) is 11.6 Å². The van der Waals surface area contributed by atoms with Gasteiger partial charge >= 0.3 is 12.0 Å². The Morgan fingerprint density at radius 3 is 2.20 bits per heavy atom. The van der Waals surface area contributed by atoms with Gasteiger partial charge in [-0.05, 0) is 13.8 Å². The minimum Gasteiger partial charge on any atom is -0.481 e. The summed E-state index contributed by atoms with van der Waals surface area (Å²) in [6.45, 7) is 2.82. The van der Waals surface area contributed by atoms with Crippen LogP contribution in [-0.2, 0) is 4.79 Å². The number of rotatable bonds is 4. The third-order valence-electron chi connectivity index (χ3n) is 2.76. The molecule has 0 aliphatic carbocycles. The lowest BCUT2D eigenvalue weighted by Crippen LogP contribution is -2.42. The van der Waals surface area contributed by atoms with Crippen LogP contribution in [0, 0.1) is 23.4 Å². The molecule has 0 aromatic heterocycles. The number of carboxylic acid groups (broad SMARTS) is 1. The Morgan fingerprint density at radius 1 is 1.10 bits per heavy atom. The van der Waals surface area contributed by atoms with E-state index in [4.69, 9.17) is 5.11 Å². The van der Waals surface area contributed by atoms with Crippen LogP contribution in [0.1, 0.15) is 13.8 Å². The van der Waals surface area contributed by atoms with Crippen LogP contribution in [0.2, 0.25) is 0 Å². The molecule has 0 aliphatic rings. The molecule has 0 radical (unpaired) electrons. The molecule has 1 aromatic carbocycles. The molecule has 3 N–H and O–H groups in total. The van der Waals surface area contributed by atoms with Gasteiger partial charge in [-0.2, -0.15) is 0 Å². The van der Waals surface area contributed by atoms with Crippen LogP contribution in [0.3, 0.4) is 0 Å². The third-order valence-corrected chi connectivity index (χ3v) is 2.76. The molecule has 20 heavy (non-hydrogen) atoms. The zero-order chi connectivity index (χ0) is 15.4. The number of urea groups is 1. The molecule has 0 fully saturated rings. The molecule has 1 aromatic rings. The van der Waals surface area contributed by atoms with E-state index in [1.807, 2.05) is 5.32 Å². The Morgan fingerprint density at radius 2 is 1.65 bits per heavy atom. The van der Waals surface area contributed by atoms with Crippen LogP contribution in [0.5, 0.6) is 0 Å². The van der Waals surface area contributed by atoms with Gasteiger partial charge < -0.3 is 15.7 Å². The Kier molecular flexibility index (Phi) is 4.95. The monoisotopic (exact) mass is 290 g/mol. The number of hydrogen-bond acceptors (Lipinski definition) is 2. The highest BCUT2D eigenvalue weighted by atomic mass is 19.2. The average Bonchev–Trinajstić information content (AvgIpc) is 2.34. The Bertz CT molecular complexity index is 537. The Hall–Kier alpha value is -2.25. The van der Waals surface area contributed by atoms with E-state index in [2.05, 4.69) is 5.32 Å². The second-order valence-corrected chi connectivity index (χ2v) is 4.26. The lowest BCUT2D eigenvalue weighted by atomic mass is 10.0. The van der Waals surface area contributed by atoms with Crippen molar-refractivity contribution in [2.45, 2.75) is 19.9 Å². The first-order valence-corrected chi connectivity index (χ1v) is 5.67. The first-order chi connectivity index (χ1) is 9.22. The van der Waals surface area contributed by atoms with Crippen molar-refractivity contribution < 1.29 is 27.9 Å². The van der Waals surface area contributed by atoms with Gasteiger partial charge in [-0.3, -0.25) is 4.79 Å². The Labute approximate surface area is 112 Å².